The van der Waals surface area contributed by atoms with Gasteiger partial charge in [0.25, 0.3) is 5.92 Å². The Hall–Kier alpha value is -2.88. The van der Waals surface area contributed by atoms with Crippen molar-refractivity contribution in [2.45, 2.75) is 44.1 Å². The zero-order valence-electron chi connectivity index (χ0n) is 17.6. The Bertz CT molecular complexity index is 1020. The van der Waals surface area contributed by atoms with E-state index in [0.29, 0.717) is 23.8 Å². The van der Waals surface area contributed by atoms with Gasteiger partial charge in [0, 0.05) is 37.8 Å². The molecule has 10 heteroatoms. The highest BCUT2D eigenvalue weighted by molar-refractivity contribution is 5.93. The van der Waals surface area contributed by atoms with E-state index in [-0.39, 0.29) is 24.5 Å². The summed E-state index contributed by atoms with van der Waals surface area (Å²) in [6.45, 7) is 2.01. The molecule has 2 fully saturated rings. The second kappa shape index (κ2) is 8.93. The fourth-order valence-electron chi connectivity index (χ4n) is 3.74. The lowest BCUT2D eigenvalue weighted by Crippen LogP contribution is -2.52. The monoisotopic (exact) mass is 450 g/mol. The Balaban J connectivity index is 1.40. The number of H-pyrrole nitrogens is 1. The van der Waals surface area contributed by atoms with Gasteiger partial charge in [-0.3, -0.25) is 14.5 Å². The average Bonchev–Trinajstić information content (AvgIpc) is 3.59. The first-order valence-electron chi connectivity index (χ1n) is 10.6. The van der Waals surface area contributed by atoms with Crippen LogP contribution < -0.4 is 15.6 Å². The van der Waals surface area contributed by atoms with Crippen LogP contribution in [0.15, 0.2) is 35.4 Å². The molecule has 32 heavy (non-hydrogen) atoms. The summed E-state index contributed by atoms with van der Waals surface area (Å²) in [6, 6.07) is 2.96. The van der Waals surface area contributed by atoms with E-state index >= 15 is 0 Å². The smallest absolute Gasteiger partial charge is 0.257 e. The number of carbonyl (C=O) groups is 1. The fraction of sp³-hybridized carbons (Fsp3) is 0.500. The van der Waals surface area contributed by atoms with Crippen LogP contribution in [-0.4, -0.2) is 52.4 Å². The summed E-state index contributed by atoms with van der Waals surface area (Å²) in [4.78, 5) is 31.9. The molecule has 2 N–H and O–H groups in total. The number of hydrogen-bond donors (Lipinski definition) is 2. The normalized spacial score (nSPS) is 21.7. The molecule has 4 rings (SSSR count). The standard InChI is InChI=1S/C22H25F3N4O3/c1-13(21(31)28-20-18(23)8-16(10-27-20)32-12-14-2-3-14)29-7-6-22(24,25)17(11-29)15-4-5-19(30)26-9-15/h4-5,8-10,13-14,17H,2-3,6-7,11-12H2,1H3,(H,26,30)(H,27,28,31)/t13-,17+/m0/s1. The largest absolute Gasteiger partial charge is 0.492 e. The van der Waals surface area contributed by atoms with Crippen molar-refractivity contribution in [1.29, 1.82) is 0 Å². The molecule has 1 aliphatic heterocycles. The van der Waals surface area contributed by atoms with Crippen LogP contribution >= 0.6 is 0 Å². The van der Waals surface area contributed by atoms with Gasteiger partial charge >= 0.3 is 0 Å². The summed E-state index contributed by atoms with van der Waals surface area (Å²) in [5, 5.41) is 2.44. The summed E-state index contributed by atoms with van der Waals surface area (Å²) in [7, 11) is 0. The number of aromatic nitrogens is 2. The van der Waals surface area contributed by atoms with Crippen molar-refractivity contribution in [2.24, 2.45) is 5.92 Å². The molecule has 0 unspecified atom stereocenters. The van der Waals surface area contributed by atoms with Crippen LogP contribution in [-0.2, 0) is 4.79 Å². The highest BCUT2D eigenvalue weighted by atomic mass is 19.3. The number of anilines is 1. The van der Waals surface area contributed by atoms with E-state index in [1.165, 1.54) is 30.6 Å². The molecule has 1 saturated carbocycles. The van der Waals surface area contributed by atoms with Crippen molar-refractivity contribution in [3.05, 3.63) is 52.3 Å². The molecule has 3 heterocycles. The Morgan fingerprint density at radius 3 is 2.84 bits per heavy atom. The quantitative estimate of drug-likeness (QED) is 0.677. The highest BCUT2D eigenvalue weighted by Gasteiger charge is 2.46. The van der Waals surface area contributed by atoms with Gasteiger partial charge in [0.05, 0.1) is 24.8 Å². The topological polar surface area (TPSA) is 87.3 Å². The minimum absolute atomic E-state index is 0.00525. The molecule has 0 spiro atoms. The lowest BCUT2D eigenvalue weighted by atomic mass is 9.87. The van der Waals surface area contributed by atoms with Crippen molar-refractivity contribution in [1.82, 2.24) is 14.9 Å². The number of alkyl halides is 2. The van der Waals surface area contributed by atoms with E-state index in [1.807, 2.05) is 0 Å². The van der Waals surface area contributed by atoms with Gasteiger partial charge in [0.15, 0.2) is 11.6 Å². The number of amides is 1. The first-order chi connectivity index (χ1) is 15.2. The number of nitrogens with zero attached hydrogens (tertiary/aromatic N) is 2. The lowest BCUT2D eigenvalue weighted by Gasteiger charge is -2.40. The molecule has 1 aliphatic carbocycles. The van der Waals surface area contributed by atoms with Crippen LogP contribution in [0.25, 0.3) is 0 Å². The van der Waals surface area contributed by atoms with Crippen molar-refractivity contribution in [3.63, 3.8) is 0 Å². The van der Waals surface area contributed by atoms with E-state index in [2.05, 4.69) is 15.3 Å². The maximum Gasteiger partial charge on any atom is 0.257 e. The molecule has 1 amide bonds. The maximum absolute atomic E-state index is 14.6. The van der Waals surface area contributed by atoms with E-state index in [4.69, 9.17) is 4.74 Å². The first kappa shape index (κ1) is 22.3. The fourth-order valence-corrected chi connectivity index (χ4v) is 3.74. The number of rotatable bonds is 7. The van der Waals surface area contributed by atoms with Gasteiger partial charge in [0.1, 0.15) is 5.75 Å². The molecule has 0 aromatic carbocycles. The van der Waals surface area contributed by atoms with Gasteiger partial charge in [-0.2, -0.15) is 0 Å². The molecule has 2 aliphatic rings. The summed E-state index contributed by atoms with van der Waals surface area (Å²) in [5.41, 5.74) is -0.0858. The minimum atomic E-state index is -2.98. The third kappa shape index (κ3) is 5.12. The second-order valence-corrected chi connectivity index (χ2v) is 8.47. The van der Waals surface area contributed by atoms with Gasteiger partial charge in [-0.25, -0.2) is 18.2 Å². The number of likely N-dealkylation sites (tertiary alicyclic amines) is 1. The van der Waals surface area contributed by atoms with Gasteiger partial charge in [-0.05, 0) is 31.2 Å². The van der Waals surface area contributed by atoms with Crippen LogP contribution in [0.5, 0.6) is 5.75 Å². The first-order valence-corrected chi connectivity index (χ1v) is 10.6. The van der Waals surface area contributed by atoms with Gasteiger partial charge in [-0.15, -0.1) is 0 Å². The molecule has 2 atom stereocenters. The molecule has 172 valence electrons. The van der Waals surface area contributed by atoms with Crippen molar-refractivity contribution in [2.75, 3.05) is 25.0 Å². The van der Waals surface area contributed by atoms with Crippen LogP contribution in [0.3, 0.4) is 0 Å². The molecule has 0 radical (unpaired) electrons. The van der Waals surface area contributed by atoms with Gasteiger partial charge < -0.3 is 15.0 Å². The second-order valence-electron chi connectivity index (χ2n) is 8.47. The molecule has 7 nitrogen and oxygen atoms in total. The van der Waals surface area contributed by atoms with E-state index < -0.39 is 36.0 Å². The third-order valence-electron chi connectivity index (χ3n) is 6.04. The van der Waals surface area contributed by atoms with Crippen molar-refractivity contribution >= 4 is 11.7 Å². The van der Waals surface area contributed by atoms with Crippen LogP contribution in [0, 0.1) is 11.7 Å². The average molecular weight is 450 g/mol. The zero-order chi connectivity index (χ0) is 22.9. The number of ether oxygens (including phenoxy) is 1. The summed E-state index contributed by atoms with van der Waals surface area (Å²) in [6.07, 6.45) is 4.40. The lowest BCUT2D eigenvalue weighted by molar-refractivity contribution is -0.125. The number of aromatic amines is 1. The maximum atomic E-state index is 14.6. The Kier molecular flexibility index (Phi) is 6.23. The Labute approximate surface area is 183 Å². The number of nitrogens with one attached hydrogen (secondary N) is 2. The molecule has 1 saturated heterocycles. The predicted octanol–water partition coefficient (Wildman–Crippen LogP) is 3.15. The molecule has 2 aromatic heterocycles. The van der Waals surface area contributed by atoms with E-state index in [9.17, 15) is 22.8 Å². The van der Waals surface area contributed by atoms with Gasteiger partial charge in [0.2, 0.25) is 11.5 Å². The summed E-state index contributed by atoms with van der Waals surface area (Å²) in [5.74, 6) is -4.86. The Morgan fingerprint density at radius 1 is 1.41 bits per heavy atom. The number of halogens is 3. The van der Waals surface area contributed by atoms with Crippen LogP contribution in [0.2, 0.25) is 0 Å². The number of carbonyl (C=O) groups excluding carboxylic acids is 1. The highest BCUT2D eigenvalue weighted by Crippen LogP contribution is 2.40. The SMILES string of the molecule is C[C@@H](C(=O)Nc1ncc(OCC2CC2)cc1F)N1CCC(F)(F)[C@@H](c2ccc(=O)[nH]c2)C1. The molecular weight excluding hydrogens is 425 g/mol. The summed E-state index contributed by atoms with van der Waals surface area (Å²) >= 11 is 0. The molecular formula is C22H25F3N4O3. The van der Waals surface area contributed by atoms with Crippen molar-refractivity contribution < 1.29 is 22.7 Å². The summed E-state index contributed by atoms with van der Waals surface area (Å²) < 4.78 is 49.0. The Morgan fingerprint density at radius 2 is 2.19 bits per heavy atom. The molecule has 0 bridgehead atoms. The van der Waals surface area contributed by atoms with E-state index in [0.717, 1.165) is 12.8 Å². The number of piperidine rings is 1. The third-order valence-corrected chi connectivity index (χ3v) is 6.04. The number of hydrogen-bond acceptors (Lipinski definition) is 5. The van der Waals surface area contributed by atoms with Crippen molar-refractivity contribution in [3.8, 4) is 5.75 Å². The number of pyridine rings is 2. The zero-order valence-corrected chi connectivity index (χ0v) is 17.6. The van der Waals surface area contributed by atoms with Gasteiger partial charge in [-0.1, -0.05) is 6.07 Å². The van der Waals surface area contributed by atoms with Crippen LogP contribution in [0.4, 0.5) is 19.0 Å². The van der Waals surface area contributed by atoms with Crippen LogP contribution in [0.1, 0.15) is 37.7 Å². The van der Waals surface area contributed by atoms with E-state index in [1.54, 1.807) is 11.8 Å². The minimum Gasteiger partial charge on any atom is -0.492 e. The molecule has 2 aromatic rings. The predicted molar refractivity (Wildman–Crippen MR) is 111 cm³/mol.